The van der Waals surface area contributed by atoms with Crippen LogP contribution in [0.25, 0.3) is 0 Å². The number of hydrogen-bond donors (Lipinski definition) is 0. The Bertz CT molecular complexity index is 82.4. The van der Waals surface area contributed by atoms with Crippen LogP contribution < -0.4 is 0 Å². The second-order valence-corrected chi connectivity index (χ2v) is 1.95. The first-order valence-corrected chi connectivity index (χ1v) is 2.90. The van der Waals surface area contributed by atoms with Gasteiger partial charge in [-0.25, -0.2) is 0 Å². The molecule has 0 aromatic heterocycles. The summed E-state index contributed by atoms with van der Waals surface area (Å²) in [4.78, 5) is 4.12. The molecule has 1 heteroatoms. The molecule has 0 bridgehead atoms. The Balaban J connectivity index is 3.19. The Morgan fingerprint density at radius 2 is 2.25 bits per heavy atom. The fourth-order valence-corrected chi connectivity index (χ4v) is 0.346. The lowest BCUT2D eigenvalue weighted by Crippen LogP contribution is -1.87. The van der Waals surface area contributed by atoms with Crippen LogP contribution in [0.15, 0.2) is 17.6 Å². The summed E-state index contributed by atoms with van der Waals surface area (Å²) < 4.78 is 0. The van der Waals surface area contributed by atoms with Gasteiger partial charge in [-0.05, 0) is 20.3 Å². The van der Waals surface area contributed by atoms with Gasteiger partial charge < -0.3 is 0 Å². The SMILES string of the molecule is C=CCC=NC(C)C. The van der Waals surface area contributed by atoms with Crippen LogP contribution in [0, 0.1) is 0 Å². The van der Waals surface area contributed by atoms with Crippen LogP contribution in [0.2, 0.25) is 0 Å². The van der Waals surface area contributed by atoms with E-state index in [0.717, 1.165) is 6.42 Å². The summed E-state index contributed by atoms with van der Waals surface area (Å²) in [5.41, 5.74) is 0. The van der Waals surface area contributed by atoms with Crippen molar-refractivity contribution in [2.45, 2.75) is 26.3 Å². The van der Waals surface area contributed by atoms with Crippen molar-refractivity contribution in [2.24, 2.45) is 4.99 Å². The lowest BCUT2D eigenvalue weighted by atomic mass is 10.4. The Morgan fingerprint density at radius 1 is 1.62 bits per heavy atom. The fourth-order valence-electron chi connectivity index (χ4n) is 0.346. The average molecular weight is 111 g/mol. The van der Waals surface area contributed by atoms with Crippen molar-refractivity contribution < 1.29 is 0 Å². The third-order valence-electron chi connectivity index (χ3n) is 0.676. The summed E-state index contributed by atoms with van der Waals surface area (Å²) in [5, 5.41) is 0. The lowest BCUT2D eigenvalue weighted by Gasteiger charge is -1.90. The molecule has 0 atom stereocenters. The van der Waals surface area contributed by atoms with E-state index < -0.39 is 0 Å². The van der Waals surface area contributed by atoms with E-state index in [9.17, 15) is 0 Å². The number of allylic oxidation sites excluding steroid dienone is 1. The van der Waals surface area contributed by atoms with E-state index in [1.807, 2.05) is 12.3 Å². The van der Waals surface area contributed by atoms with Crippen molar-refractivity contribution in [1.29, 1.82) is 0 Å². The topological polar surface area (TPSA) is 12.4 Å². The van der Waals surface area contributed by atoms with Gasteiger partial charge >= 0.3 is 0 Å². The Labute approximate surface area is 51.1 Å². The van der Waals surface area contributed by atoms with Crippen LogP contribution in [0.5, 0.6) is 0 Å². The molecule has 0 aliphatic heterocycles. The highest BCUT2D eigenvalue weighted by molar-refractivity contribution is 5.59. The first kappa shape index (κ1) is 7.41. The molecule has 0 saturated heterocycles. The smallest absolute Gasteiger partial charge is 0.0439 e. The maximum Gasteiger partial charge on any atom is 0.0439 e. The van der Waals surface area contributed by atoms with Gasteiger partial charge in [-0.3, -0.25) is 4.99 Å². The molecule has 0 aliphatic rings. The van der Waals surface area contributed by atoms with Gasteiger partial charge in [0.2, 0.25) is 0 Å². The molecule has 0 unspecified atom stereocenters. The molecule has 0 radical (unpaired) electrons. The molecule has 0 N–H and O–H groups in total. The van der Waals surface area contributed by atoms with Crippen molar-refractivity contribution in [3.05, 3.63) is 12.7 Å². The van der Waals surface area contributed by atoms with Gasteiger partial charge in [-0.15, -0.1) is 6.58 Å². The van der Waals surface area contributed by atoms with Crippen molar-refractivity contribution in [3.63, 3.8) is 0 Å². The molecule has 0 aromatic carbocycles. The van der Waals surface area contributed by atoms with Gasteiger partial charge in [-0.2, -0.15) is 0 Å². The van der Waals surface area contributed by atoms with E-state index in [4.69, 9.17) is 0 Å². The zero-order valence-corrected chi connectivity index (χ0v) is 5.59. The van der Waals surface area contributed by atoms with Gasteiger partial charge in [0.1, 0.15) is 0 Å². The molecule has 0 amide bonds. The van der Waals surface area contributed by atoms with Crippen LogP contribution >= 0.6 is 0 Å². The van der Waals surface area contributed by atoms with E-state index in [2.05, 4.69) is 25.4 Å². The van der Waals surface area contributed by atoms with Crippen molar-refractivity contribution >= 4 is 6.21 Å². The quantitative estimate of drug-likeness (QED) is 0.390. The van der Waals surface area contributed by atoms with Gasteiger partial charge in [0.15, 0.2) is 0 Å². The monoisotopic (exact) mass is 111 g/mol. The minimum atomic E-state index is 0.426. The Kier molecular flexibility index (Phi) is 4.23. The average Bonchev–Trinajstić information content (AvgIpc) is 1.66. The molecule has 1 nitrogen and oxygen atoms in total. The lowest BCUT2D eigenvalue weighted by molar-refractivity contribution is 0.838. The van der Waals surface area contributed by atoms with Crippen molar-refractivity contribution in [3.8, 4) is 0 Å². The minimum Gasteiger partial charge on any atom is -0.294 e. The van der Waals surface area contributed by atoms with Gasteiger partial charge in [-0.1, -0.05) is 6.08 Å². The second kappa shape index (κ2) is 4.57. The largest absolute Gasteiger partial charge is 0.294 e. The molecule has 0 fully saturated rings. The third kappa shape index (κ3) is 5.41. The molecule has 0 rings (SSSR count). The molecule has 46 valence electrons. The van der Waals surface area contributed by atoms with E-state index >= 15 is 0 Å². The summed E-state index contributed by atoms with van der Waals surface area (Å²) in [6.07, 6.45) is 4.61. The Morgan fingerprint density at radius 3 is 2.62 bits per heavy atom. The molecule has 0 heterocycles. The summed E-state index contributed by atoms with van der Waals surface area (Å²) >= 11 is 0. The fraction of sp³-hybridized carbons (Fsp3) is 0.571. The summed E-state index contributed by atoms with van der Waals surface area (Å²) in [6, 6.07) is 0.426. The van der Waals surface area contributed by atoms with E-state index in [1.165, 1.54) is 0 Å². The van der Waals surface area contributed by atoms with Crippen LogP contribution in [0.1, 0.15) is 20.3 Å². The molecular formula is C7H13N. The maximum absolute atomic E-state index is 4.12. The zero-order chi connectivity index (χ0) is 6.41. The molecule has 8 heavy (non-hydrogen) atoms. The van der Waals surface area contributed by atoms with Gasteiger partial charge in [0.25, 0.3) is 0 Å². The number of hydrogen-bond acceptors (Lipinski definition) is 1. The highest BCUT2D eigenvalue weighted by Gasteiger charge is 1.79. The van der Waals surface area contributed by atoms with Crippen LogP contribution in [0.3, 0.4) is 0 Å². The molecule has 0 spiro atoms. The molecule has 0 saturated carbocycles. The first-order chi connectivity index (χ1) is 3.77. The number of nitrogens with zero attached hydrogens (tertiary/aromatic N) is 1. The van der Waals surface area contributed by atoms with Crippen LogP contribution in [0.4, 0.5) is 0 Å². The number of aliphatic imine (C=N–C) groups is 1. The van der Waals surface area contributed by atoms with Crippen molar-refractivity contribution in [1.82, 2.24) is 0 Å². The van der Waals surface area contributed by atoms with Gasteiger partial charge in [0.05, 0.1) is 0 Å². The van der Waals surface area contributed by atoms with Crippen LogP contribution in [-0.2, 0) is 0 Å². The summed E-state index contributed by atoms with van der Waals surface area (Å²) in [5.74, 6) is 0. The first-order valence-electron chi connectivity index (χ1n) is 2.90. The zero-order valence-electron chi connectivity index (χ0n) is 5.59. The number of rotatable bonds is 3. The van der Waals surface area contributed by atoms with E-state index in [-0.39, 0.29) is 0 Å². The van der Waals surface area contributed by atoms with Crippen molar-refractivity contribution in [2.75, 3.05) is 0 Å². The second-order valence-electron chi connectivity index (χ2n) is 1.95. The molecular weight excluding hydrogens is 98.1 g/mol. The Hall–Kier alpha value is -0.590. The van der Waals surface area contributed by atoms with E-state index in [1.54, 1.807) is 0 Å². The molecule has 0 aromatic rings. The predicted octanol–water partition coefficient (Wildman–Crippen LogP) is 2.04. The molecule has 0 aliphatic carbocycles. The standard InChI is InChI=1S/C7H13N/c1-4-5-6-8-7(2)3/h4,6-7H,1,5H2,2-3H3. The minimum absolute atomic E-state index is 0.426. The summed E-state index contributed by atoms with van der Waals surface area (Å²) in [6.45, 7) is 7.68. The maximum atomic E-state index is 4.12. The normalized spacial score (nSPS) is 10.9. The van der Waals surface area contributed by atoms with Gasteiger partial charge in [0, 0.05) is 12.3 Å². The van der Waals surface area contributed by atoms with E-state index in [0.29, 0.717) is 6.04 Å². The highest BCUT2D eigenvalue weighted by atomic mass is 14.7. The third-order valence-corrected chi connectivity index (χ3v) is 0.676. The summed E-state index contributed by atoms with van der Waals surface area (Å²) in [7, 11) is 0. The highest BCUT2D eigenvalue weighted by Crippen LogP contribution is 1.83. The predicted molar refractivity (Wildman–Crippen MR) is 38.4 cm³/mol. The van der Waals surface area contributed by atoms with Crippen LogP contribution in [-0.4, -0.2) is 12.3 Å².